The van der Waals surface area contributed by atoms with Gasteiger partial charge in [-0.15, -0.1) is 0 Å². The Labute approximate surface area is 85.2 Å². The Morgan fingerprint density at radius 3 is 2.57 bits per heavy atom. The van der Waals surface area contributed by atoms with E-state index in [1.54, 1.807) is 7.11 Å². The van der Waals surface area contributed by atoms with Crippen LogP contribution in [0, 0.1) is 6.92 Å². The molecule has 0 aromatic heterocycles. The summed E-state index contributed by atoms with van der Waals surface area (Å²) >= 11 is 0. The summed E-state index contributed by atoms with van der Waals surface area (Å²) in [5, 5.41) is 0. The van der Waals surface area contributed by atoms with Gasteiger partial charge in [-0.3, -0.25) is 0 Å². The lowest BCUT2D eigenvalue weighted by Crippen LogP contribution is -1.95. The minimum atomic E-state index is 0.591. The van der Waals surface area contributed by atoms with Crippen LogP contribution in [-0.2, 0) is 4.74 Å². The second-order valence-corrected chi connectivity index (χ2v) is 3.00. The van der Waals surface area contributed by atoms with Crippen LogP contribution in [0.4, 0.5) is 0 Å². The minimum Gasteiger partial charge on any atom is -0.489 e. The van der Waals surface area contributed by atoms with Gasteiger partial charge in [0.05, 0.1) is 6.61 Å². The maximum Gasteiger partial charge on any atom is 0.122 e. The van der Waals surface area contributed by atoms with E-state index in [-0.39, 0.29) is 0 Å². The summed E-state index contributed by atoms with van der Waals surface area (Å²) in [5.41, 5.74) is 1.16. The first-order valence-corrected chi connectivity index (χ1v) is 4.67. The number of benzene rings is 1. The fraction of sp³-hybridized carbons (Fsp3) is 0.333. The van der Waals surface area contributed by atoms with Gasteiger partial charge in [0.15, 0.2) is 0 Å². The van der Waals surface area contributed by atoms with E-state index in [9.17, 15) is 0 Å². The Morgan fingerprint density at radius 1 is 1.14 bits per heavy atom. The molecular formula is C12H16O2. The van der Waals surface area contributed by atoms with E-state index in [1.807, 2.05) is 43.3 Å². The molecule has 0 heterocycles. The van der Waals surface area contributed by atoms with Crippen molar-refractivity contribution < 1.29 is 9.47 Å². The highest BCUT2D eigenvalue weighted by molar-refractivity contribution is 5.31. The van der Waals surface area contributed by atoms with Crippen LogP contribution in [0.3, 0.4) is 0 Å². The van der Waals surface area contributed by atoms with Crippen molar-refractivity contribution in [3.05, 3.63) is 42.0 Å². The number of ether oxygens (including phenoxy) is 2. The van der Waals surface area contributed by atoms with Crippen LogP contribution < -0.4 is 4.74 Å². The van der Waals surface area contributed by atoms with Gasteiger partial charge in [0, 0.05) is 7.11 Å². The number of hydrogen-bond donors (Lipinski definition) is 0. The first-order valence-electron chi connectivity index (χ1n) is 4.67. The number of methoxy groups -OCH3 is 1. The second-order valence-electron chi connectivity index (χ2n) is 3.00. The highest BCUT2D eigenvalue weighted by Crippen LogP contribution is 2.15. The predicted molar refractivity (Wildman–Crippen MR) is 57.7 cm³/mol. The van der Waals surface area contributed by atoms with E-state index in [0.29, 0.717) is 13.2 Å². The Kier molecular flexibility index (Phi) is 4.79. The van der Waals surface area contributed by atoms with E-state index in [1.165, 1.54) is 0 Å². The van der Waals surface area contributed by atoms with E-state index in [2.05, 4.69) is 0 Å². The fourth-order valence-corrected chi connectivity index (χ4v) is 1.09. The summed E-state index contributed by atoms with van der Waals surface area (Å²) in [6.07, 6.45) is 3.90. The van der Waals surface area contributed by atoms with Gasteiger partial charge in [0.2, 0.25) is 0 Å². The summed E-state index contributed by atoms with van der Waals surface area (Å²) in [6.45, 7) is 3.26. The SMILES string of the molecule is COC/C=C/COc1ccccc1C. The van der Waals surface area contributed by atoms with Crippen LogP contribution in [0.5, 0.6) is 5.75 Å². The molecule has 0 aliphatic carbocycles. The number of hydrogen-bond acceptors (Lipinski definition) is 2. The van der Waals surface area contributed by atoms with Crippen molar-refractivity contribution in [3.63, 3.8) is 0 Å². The molecule has 2 nitrogen and oxygen atoms in total. The molecule has 1 rings (SSSR count). The van der Waals surface area contributed by atoms with Gasteiger partial charge >= 0.3 is 0 Å². The highest BCUT2D eigenvalue weighted by Gasteiger charge is 1.94. The fourth-order valence-electron chi connectivity index (χ4n) is 1.09. The highest BCUT2D eigenvalue weighted by atomic mass is 16.5. The lowest BCUT2D eigenvalue weighted by molar-refractivity contribution is 0.233. The normalized spacial score (nSPS) is 10.7. The van der Waals surface area contributed by atoms with Crippen LogP contribution in [-0.4, -0.2) is 20.3 Å². The van der Waals surface area contributed by atoms with Crippen molar-refractivity contribution in [2.75, 3.05) is 20.3 Å². The molecule has 1 aromatic rings. The maximum absolute atomic E-state index is 5.54. The Balaban J connectivity index is 2.35. The number of aryl methyl sites for hydroxylation is 1. The van der Waals surface area contributed by atoms with Crippen LogP contribution in [0.2, 0.25) is 0 Å². The quantitative estimate of drug-likeness (QED) is 0.667. The molecule has 0 aliphatic heterocycles. The van der Waals surface area contributed by atoms with Crippen molar-refractivity contribution in [3.8, 4) is 5.75 Å². The van der Waals surface area contributed by atoms with Crippen LogP contribution in [0.1, 0.15) is 5.56 Å². The monoisotopic (exact) mass is 192 g/mol. The van der Waals surface area contributed by atoms with Crippen LogP contribution >= 0.6 is 0 Å². The standard InChI is InChI=1S/C12H16O2/c1-11-7-3-4-8-12(11)14-10-6-5-9-13-2/h3-8H,9-10H2,1-2H3/b6-5+. The molecule has 1 aromatic carbocycles. The molecule has 0 atom stereocenters. The number of para-hydroxylation sites is 1. The lowest BCUT2D eigenvalue weighted by Gasteiger charge is -2.05. The molecule has 2 heteroatoms. The van der Waals surface area contributed by atoms with E-state index >= 15 is 0 Å². The second kappa shape index (κ2) is 6.22. The molecule has 0 saturated carbocycles. The smallest absolute Gasteiger partial charge is 0.122 e. The van der Waals surface area contributed by atoms with Gasteiger partial charge in [-0.1, -0.05) is 24.3 Å². The van der Waals surface area contributed by atoms with Gasteiger partial charge in [-0.25, -0.2) is 0 Å². The molecule has 14 heavy (non-hydrogen) atoms. The van der Waals surface area contributed by atoms with Crippen molar-refractivity contribution in [2.45, 2.75) is 6.92 Å². The average molecular weight is 192 g/mol. The molecule has 0 fully saturated rings. The van der Waals surface area contributed by atoms with Gasteiger partial charge < -0.3 is 9.47 Å². The first-order chi connectivity index (χ1) is 6.84. The zero-order valence-corrected chi connectivity index (χ0v) is 8.69. The van der Waals surface area contributed by atoms with Gasteiger partial charge in [-0.2, -0.15) is 0 Å². The molecule has 0 unspecified atom stereocenters. The minimum absolute atomic E-state index is 0.591. The summed E-state index contributed by atoms with van der Waals surface area (Å²) in [6, 6.07) is 7.98. The summed E-state index contributed by atoms with van der Waals surface area (Å²) in [5.74, 6) is 0.939. The van der Waals surface area contributed by atoms with Gasteiger partial charge in [-0.05, 0) is 24.6 Å². The lowest BCUT2D eigenvalue weighted by atomic mass is 10.2. The molecule has 0 spiro atoms. The Hall–Kier alpha value is -1.28. The molecule has 0 saturated heterocycles. The third-order valence-corrected chi connectivity index (χ3v) is 1.86. The van der Waals surface area contributed by atoms with Crippen LogP contribution in [0.15, 0.2) is 36.4 Å². The molecule has 0 N–H and O–H groups in total. The molecule has 76 valence electrons. The molecule has 0 aliphatic rings. The van der Waals surface area contributed by atoms with Crippen molar-refractivity contribution in [1.29, 1.82) is 0 Å². The largest absolute Gasteiger partial charge is 0.489 e. The third kappa shape index (κ3) is 3.62. The van der Waals surface area contributed by atoms with E-state index < -0.39 is 0 Å². The molecule has 0 radical (unpaired) electrons. The summed E-state index contributed by atoms with van der Waals surface area (Å²) in [7, 11) is 1.67. The third-order valence-electron chi connectivity index (χ3n) is 1.86. The molecule has 0 amide bonds. The van der Waals surface area contributed by atoms with Crippen LogP contribution in [0.25, 0.3) is 0 Å². The van der Waals surface area contributed by atoms with E-state index in [0.717, 1.165) is 11.3 Å². The van der Waals surface area contributed by atoms with Crippen molar-refractivity contribution in [1.82, 2.24) is 0 Å². The maximum atomic E-state index is 5.54. The molecular weight excluding hydrogens is 176 g/mol. The summed E-state index contributed by atoms with van der Waals surface area (Å²) in [4.78, 5) is 0. The zero-order valence-electron chi connectivity index (χ0n) is 8.69. The molecule has 0 bridgehead atoms. The Bertz CT molecular complexity index is 292. The predicted octanol–water partition coefficient (Wildman–Crippen LogP) is 2.58. The van der Waals surface area contributed by atoms with Crippen molar-refractivity contribution >= 4 is 0 Å². The van der Waals surface area contributed by atoms with E-state index in [4.69, 9.17) is 9.47 Å². The van der Waals surface area contributed by atoms with Crippen molar-refractivity contribution in [2.24, 2.45) is 0 Å². The van der Waals surface area contributed by atoms with Gasteiger partial charge in [0.25, 0.3) is 0 Å². The Morgan fingerprint density at radius 2 is 1.86 bits per heavy atom. The number of rotatable bonds is 5. The summed E-state index contributed by atoms with van der Waals surface area (Å²) < 4.78 is 10.4. The first kappa shape index (κ1) is 10.8. The van der Waals surface area contributed by atoms with Gasteiger partial charge in [0.1, 0.15) is 12.4 Å². The zero-order chi connectivity index (χ0) is 10.2. The average Bonchev–Trinajstić information content (AvgIpc) is 2.20. The topological polar surface area (TPSA) is 18.5 Å².